The molecule has 1 amide bonds. The van der Waals surface area contributed by atoms with Crippen LogP contribution in [0.25, 0.3) is 0 Å². The van der Waals surface area contributed by atoms with Gasteiger partial charge in [-0.1, -0.05) is 4.49 Å². The average Bonchev–Trinajstić information content (AvgIpc) is 2.93. The number of aryl methyl sites for hydroxylation is 1. The highest BCUT2D eigenvalue weighted by molar-refractivity contribution is 7.07. The van der Waals surface area contributed by atoms with Crippen LogP contribution in [0.4, 0.5) is 0 Å². The lowest BCUT2D eigenvalue weighted by Gasteiger charge is -2.06. The fourth-order valence-electron chi connectivity index (χ4n) is 1.59. The summed E-state index contributed by atoms with van der Waals surface area (Å²) in [6.07, 6.45) is 1.49. The normalized spacial score (nSPS) is 10.6. The SMILES string of the molecule is COc1ccc(OC)c(/C=N/NC(=O)c2snnc2C)c1. The number of nitrogens with one attached hydrogen (secondary N) is 1. The standard InChI is InChI=1S/C13H14N4O3S/c1-8-12(21-17-15-8)13(18)16-14-7-9-6-10(19-2)4-5-11(9)20-3/h4-7H,1-3H3,(H,16,18)/b14-7+. The van der Waals surface area contributed by atoms with Crippen molar-refractivity contribution in [1.82, 2.24) is 15.0 Å². The minimum Gasteiger partial charge on any atom is -0.497 e. The number of hydrazone groups is 1. The lowest BCUT2D eigenvalue weighted by molar-refractivity contribution is 0.0958. The Morgan fingerprint density at radius 1 is 1.38 bits per heavy atom. The third-order valence-corrected chi connectivity index (χ3v) is 3.49. The monoisotopic (exact) mass is 306 g/mol. The highest BCUT2D eigenvalue weighted by atomic mass is 32.1. The number of benzene rings is 1. The van der Waals surface area contributed by atoms with Gasteiger partial charge >= 0.3 is 0 Å². The van der Waals surface area contributed by atoms with Crippen LogP contribution in [0.5, 0.6) is 11.5 Å². The van der Waals surface area contributed by atoms with Gasteiger partial charge in [0, 0.05) is 5.56 Å². The van der Waals surface area contributed by atoms with E-state index in [1.807, 2.05) is 0 Å². The number of methoxy groups -OCH3 is 2. The van der Waals surface area contributed by atoms with Gasteiger partial charge in [-0.15, -0.1) is 5.10 Å². The van der Waals surface area contributed by atoms with E-state index in [0.717, 1.165) is 11.5 Å². The first-order chi connectivity index (χ1) is 10.2. The number of amides is 1. The zero-order valence-electron chi connectivity index (χ0n) is 11.8. The fourth-order valence-corrected chi connectivity index (χ4v) is 2.14. The van der Waals surface area contributed by atoms with E-state index in [0.29, 0.717) is 27.6 Å². The largest absolute Gasteiger partial charge is 0.497 e. The van der Waals surface area contributed by atoms with Crippen molar-refractivity contribution in [2.75, 3.05) is 14.2 Å². The Morgan fingerprint density at radius 2 is 2.19 bits per heavy atom. The summed E-state index contributed by atoms with van der Waals surface area (Å²) in [5.74, 6) is 0.955. The first-order valence-corrected chi connectivity index (χ1v) is 6.77. The molecule has 1 N–H and O–H groups in total. The summed E-state index contributed by atoms with van der Waals surface area (Å²) in [4.78, 5) is 12.3. The molecule has 0 aliphatic heterocycles. The molecule has 0 saturated carbocycles. The fraction of sp³-hybridized carbons (Fsp3) is 0.231. The Hall–Kier alpha value is -2.48. The molecule has 7 nitrogen and oxygen atoms in total. The average molecular weight is 306 g/mol. The Balaban J connectivity index is 2.11. The van der Waals surface area contributed by atoms with Crippen LogP contribution in [-0.4, -0.2) is 35.9 Å². The summed E-state index contributed by atoms with van der Waals surface area (Å²) in [6, 6.07) is 5.30. The summed E-state index contributed by atoms with van der Waals surface area (Å²) < 4.78 is 14.1. The lowest BCUT2D eigenvalue weighted by Crippen LogP contribution is -2.17. The van der Waals surface area contributed by atoms with E-state index in [1.165, 1.54) is 6.21 Å². The topological polar surface area (TPSA) is 85.7 Å². The molecule has 1 aromatic heterocycles. The van der Waals surface area contributed by atoms with E-state index in [2.05, 4.69) is 20.1 Å². The maximum Gasteiger partial charge on any atom is 0.285 e. The van der Waals surface area contributed by atoms with E-state index >= 15 is 0 Å². The van der Waals surface area contributed by atoms with Crippen molar-refractivity contribution in [1.29, 1.82) is 0 Å². The molecule has 2 rings (SSSR count). The van der Waals surface area contributed by atoms with Crippen LogP contribution in [0.1, 0.15) is 20.9 Å². The molecule has 2 aromatic rings. The number of carbonyl (C=O) groups excluding carboxylic acids is 1. The van der Waals surface area contributed by atoms with Crippen molar-refractivity contribution in [3.63, 3.8) is 0 Å². The van der Waals surface area contributed by atoms with Crippen LogP contribution in [0.15, 0.2) is 23.3 Å². The molecular formula is C13H14N4O3S. The molecule has 0 saturated heterocycles. The first-order valence-electron chi connectivity index (χ1n) is 6.00. The molecule has 0 bridgehead atoms. The number of rotatable bonds is 5. The second-order valence-corrected chi connectivity index (χ2v) is 4.75. The van der Waals surface area contributed by atoms with Gasteiger partial charge in [-0.05, 0) is 36.7 Å². The maximum atomic E-state index is 11.8. The molecule has 21 heavy (non-hydrogen) atoms. The smallest absolute Gasteiger partial charge is 0.285 e. The maximum absolute atomic E-state index is 11.8. The number of hydrogen-bond acceptors (Lipinski definition) is 7. The third-order valence-electron chi connectivity index (χ3n) is 2.66. The zero-order valence-corrected chi connectivity index (χ0v) is 12.6. The van der Waals surface area contributed by atoms with Crippen molar-refractivity contribution in [3.8, 4) is 11.5 Å². The predicted molar refractivity (Wildman–Crippen MR) is 79.3 cm³/mol. The Morgan fingerprint density at radius 3 is 2.81 bits per heavy atom. The van der Waals surface area contributed by atoms with Crippen molar-refractivity contribution >= 4 is 23.7 Å². The van der Waals surface area contributed by atoms with E-state index in [9.17, 15) is 4.79 Å². The Kier molecular flexibility index (Phi) is 4.83. The van der Waals surface area contributed by atoms with E-state index in [4.69, 9.17) is 9.47 Å². The highest BCUT2D eigenvalue weighted by Crippen LogP contribution is 2.22. The van der Waals surface area contributed by atoms with Crippen LogP contribution in [0.3, 0.4) is 0 Å². The summed E-state index contributed by atoms with van der Waals surface area (Å²) in [6.45, 7) is 1.72. The Labute approximate surface area is 125 Å². The van der Waals surface area contributed by atoms with Crippen LogP contribution < -0.4 is 14.9 Å². The quantitative estimate of drug-likeness (QED) is 0.670. The van der Waals surface area contributed by atoms with Gasteiger partial charge in [-0.2, -0.15) is 5.10 Å². The van der Waals surface area contributed by atoms with Gasteiger partial charge in [0.25, 0.3) is 5.91 Å². The summed E-state index contributed by atoms with van der Waals surface area (Å²) in [5.41, 5.74) is 3.69. The molecule has 8 heteroatoms. The number of hydrogen-bond donors (Lipinski definition) is 1. The molecule has 0 aliphatic carbocycles. The number of nitrogens with zero attached hydrogens (tertiary/aromatic N) is 3. The van der Waals surface area contributed by atoms with E-state index in [-0.39, 0.29) is 5.91 Å². The second-order valence-electron chi connectivity index (χ2n) is 3.99. The highest BCUT2D eigenvalue weighted by Gasteiger charge is 2.12. The molecule has 110 valence electrons. The molecule has 0 unspecified atom stereocenters. The molecule has 1 aromatic carbocycles. The molecule has 1 heterocycles. The van der Waals surface area contributed by atoms with Crippen molar-refractivity contribution in [2.45, 2.75) is 6.92 Å². The molecule has 0 radical (unpaired) electrons. The number of aromatic nitrogens is 2. The van der Waals surface area contributed by atoms with Gasteiger partial charge < -0.3 is 9.47 Å². The van der Waals surface area contributed by atoms with Crippen molar-refractivity contribution < 1.29 is 14.3 Å². The van der Waals surface area contributed by atoms with Crippen molar-refractivity contribution in [2.24, 2.45) is 5.10 Å². The summed E-state index contributed by atoms with van der Waals surface area (Å²) in [5, 5.41) is 7.69. The van der Waals surface area contributed by atoms with Gasteiger partial charge in [-0.3, -0.25) is 4.79 Å². The summed E-state index contributed by atoms with van der Waals surface area (Å²) in [7, 11) is 3.13. The molecule has 0 atom stereocenters. The summed E-state index contributed by atoms with van der Waals surface area (Å²) >= 11 is 1.03. The first kappa shape index (κ1) is 14.9. The van der Waals surface area contributed by atoms with Gasteiger partial charge in [0.1, 0.15) is 16.4 Å². The van der Waals surface area contributed by atoms with Gasteiger partial charge in [0.2, 0.25) is 0 Å². The van der Waals surface area contributed by atoms with Crippen LogP contribution in [-0.2, 0) is 0 Å². The number of carbonyl (C=O) groups is 1. The van der Waals surface area contributed by atoms with Crippen LogP contribution in [0.2, 0.25) is 0 Å². The molecule has 0 fully saturated rings. The van der Waals surface area contributed by atoms with Gasteiger partial charge in [0.15, 0.2) is 0 Å². The lowest BCUT2D eigenvalue weighted by atomic mass is 10.2. The Bertz CT molecular complexity index is 669. The third kappa shape index (κ3) is 3.54. The molecule has 0 aliphatic rings. The zero-order chi connectivity index (χ0) is 15.2. The minimum atomic E-state index is -0.347. The number of ether oxygens (including phenoxy) is 2. The van der Waals surface area contributed by atoms with Crippen molar-refractivity contribution in [3.05, 3.63) is 34.3 Å². The second kappa shape index (κ2) is 6.80. The minimum absolute atomic E-state index is 0.347. The molecular weight excluding hydrogens is 292 g/mol. The van der Waals surface area contributed by atoms with E-state index < -0.39 is 0 Å². The van der Waals surface area contributed by atoms with Crippen LogP contribution in [0, 0.1) is 6.92 Å². The van der Waals surface area contributed by atoms with Gasteiger partial charge in [-0.25, -0.2) is 5.43 Å². The molecule has 0 spiro atoms. The van der Waals surface area contributed by atoms with Crippen LogP contribution >= 0.6 is 11.5 Å². The van der Waals surface area contributed by atoms with Gasteiger partial charge in [0.05, 0.1) is 26.1 Å². The predicted octanol–water partition coefficient (Wildman–Crippen LogP) is 1.63. The van der Waals surface area contributed by atoms with E-state index in [1.54, 1.807) is 39.3 Å².